The van der Waals surface area contributed by atoms with Crippen molar-refractivity contribution in [3.05, 3.63) is 11.3 Å². The molecule has 1 aliphatic carbocycles. The molecule has 1 atom stereocenters. The topological polar surface area (TPSA) is 42.0 Å². The van der Waals surface area contributed by atoms with Gasteiger partial charge in [0.1, 0.15) is 5.00 Å². The van der Waals surface area contributed by atoms with E-state index in [2.05, 4.69) is 16.6 Å². The quantitative estimate of drug-likeness (QED) is 0.812. The first-order valence-electron chi connectivity index (χ1n) is 7.37. The van der Waals surface area contributed by atoms with Crippen molar-refractivity contribution < 1.29 is 4.79 Å². The molecule has 0 spiro atoms. The number of carbonyl (C=O) groups is 1. The number of rotatable bonds is 5. The van der Waals surface area contributed by atoms with Gasteiger partial charge in [-0.3, -0.25) is 4.79 Å². The molecule has 0 saturated heterocycles. The van der Waals surface area contributed by atoms with Gasteiger partial charge in [0.15, 0.2) is 5.78 Å². The second-order valence-electron chi connectivity index (χ2n) is 5.59. The number of carbonyl (C=O) groups excluding carboxylic acids is 1. The van der Waals surface area contributed by atoms with Gasteiger partial charge in [0.25, 0.3) is 0 Å². The highest BCUT2D eigenvalue weighted by Gasteiger charge is 2.24. The third-order valence-corrected chi connectivity index (χ3v) is 5.06. The molecule has 1 heterocycles. The molecule has 4 heteroatoms. The van der Waals surface area contributed by atoms with E-state index in [4.69, 9.17) is 0 Å². The van der Waals surface area contributed by atoms with E-state index in [1.165, 1.54) is 43.6 Å². The molecule has 2 rings (SSSR count). The Morgan fingerprint density at radius 2 is 2.11 bits per heavy atom. The van der Waals surface area contributed by atoms with E-state index in [1.807, 2.05) is 6.92 Å². The molecule has 19 heavy (non-hydrogen) atoms. The lowest BCUT2D eigenvalue weighted by molar-refractivity contribution is 0.101. The van der Waals surface area contributed by atoms with Gasteiger partial charge < -0.3 is 5.32 Å². The van der Waals surface area contributed by atoms with E-state index in [-0.39, 0.29) is 5.78 Å². The summed E-state index contributed by atoms with van der Waals surface area (Å²) in [6.07, 6.45) is 7.83. The Morgan fingerprint density at radius 1 is 1.42 bits per heavy atom. The molecule has 1 saturated carbocycles. The maximum atomic E-state index is 11.7. The van der Waals surface area contributed by atoms with Crippen LogP contribution in [0.25, 0.3) is 0 Å². The lowest BCUT2D eigenvalue weighted by Gasteiger charge is -2.30. The van der Waals surface area contributed by atoms with Gasteiger partial charge in [0, 0.05) is 6.04 Å². The Hall–Kier alpha value is -0.900. The van der Waals surface area contributed by atoms with Crippen molar-refractivity contribution in [2.24, 2.45) is 5.92 Å². The summed E-state index contributed by atoms with van der Waals surface area (Å²) in [7, 11) is 0. The zero-order valence-electron chi connectivity index (χ0n) is 12.2. The van der Waals surface area contributed by atoms with Gasteiger partial charge in [0.05, 0.1) is 11.3 Å². The van der Waals surface area contributed by atoms with Gasteiger partial charge in [-0.2, -0.15) is 4.37 Å². The van der Waals surface area contributed by atoms with E-state index in [0.29, 0.717) is 6.04 Å². The van der Waals surface area contributed by atoms with Crippen LogP contribution in [0.3, 0.4) is 0 Å². The third kappa shape index (κ3) is 3.35. The van der Waals surface area contributed by atoms with E-state index in [1.54, 1.807) is 6.92 Å². The maximum absolute atomic E-state index is 11.7. The van der Waals surface area contributed by atoms with Gasteiger partial charge >= 0.3 is 0 Å². The van der Waals surface area contributed by atoms with Crippen LogP contribution in [-0.2, 0) is 0 Å². The Balaban J connectivity index is 2.11. The summed E-state index contributed by atoms with van der Waals surface area (Å²) in [6.45, 7) is 5.77. The number of Topliss-reactive ketones (excluding diaryl/α,β-unsaturated/α-hetero) is 1. The Bertz CT molecular complexity index is 435. The summed E-state index contributed by atoms with van der Waals surface area (Å²) in [5.74, 6) is 0.869. The van der Waals surface area contributed by atoms with E-state index >= 15 is 0 Å². The molecule has 1 unspecified atom stereocenters. The first-order chi connectivity index (χ1) is 9.13. The van der Waals surface area contributed by atoms with Crippen LogP contribution in [0.15, 0.2) is 0 Å². The molecule has 0 amide bonds. The van der Waals surface area contributed by atoms with E-state index < -0.39 is 0 Å². The highest BCUT2D eigenvalue weighted by atomic mass is 32.1. The Labute approximate surface area is 120 Å². The number of aromatic nitrogens is 1. The van der Waals surface area contributed by atoms with Gasteiger partial charge in [-0.1, -0.05) is 26.2 Å². The molecule has 3 nitrogen and oxygen atoms in total. The molecular formula is C15H24N2OS. The fourth-order valence-corrected chi connectivity index (χ4v) is 4.05. The highest BCUT2D eigenvalue weighted by molar-refractivity contribution is 7.10. The number of ketones is 1. The number of hydrogen-bond donors (Lipinski definition) is 1. The van der Waals surface area contributed by atoms with Gasteiger partial charge in [-0.05, 0) is 50.6 Å². The number of aryl methyl sites for hydroxylation is 1. The number of nitrogens with zero attached hydrogens (tertiary/aromatic N) is 1. The minimum atomic E-state index is 0.118. The monoisotopic (exact) mass is 280 g/mol. The first-order valence-corrected chi connectivity index (χ1v) is 8.14. The van der Waals surface area contributed by atoms with Crippen LogP contribution in [0.1, 0.15) is 68.4 Å². The Morgan fingerprint density at radius 3 is 2.68 bits per heavy atom. The average molecular weight is 280 g/mol. The predicted molar refractivity (Wildman–Crippen MR) is 81.1 cm³/mol. The van der Waals surface area contributed by atoms with Crippen LogP contribution in [0, 0.1) is 12.8 Å². The largest absolute Gasteiger partial charge is 0.372 e. The Kier molecular flexibility index (Phi) is 4.97. The summed E-state index contributed by atoms with van der Waals surface area (Å²) in [5, 5.41) is 4.58. The lowest BCUT2D eigenvalue weighted by Crippen LogP contribution is -2.30. The lowest BCUT2D eigenvalue weighted by atomic mass is 9.83. The van der Waals surface area contributed by atoms with E-state index in [9.17, 15) is 4.79 Å². The molecular weight excluding hydrogens is 256 g/mol. The van der Waals surface area contributed by atoms with E-state index in [0.717, 1.165) is 28.6 Å². The molecule has 0 radical (unpaired) electrons. The fourth-order valence-electron chi connectivity index (χ4n) is 3.14. The summed E-state index contributed by atoms with van der Waals surface area (Å²) in [5.41, 5.74) is 1.65. The number of nitrogens with one attached hydrogen (secondary N) is 1. The van der Waals surface area contributed by atoms with Crippen molar-refractivity contribution in [3.8, 4) is 0 Å². The first kappa shape index (κ1) is 14.5. The molecule has 1 fully saturated rings. The summed E-state index contributed by atoms with van der Waals surface area (Å²) in [4.78, 5) is 11.7. The van der Waals surface area contributed by atoms with Crippen molar-refractivity contribution >= 4 is 22.3 Å². The number of anilines is 1. The zero-order chi connectivity index (χ0) is 13.8. The van der Waals surface area contributed by atoms with Crippen LogP contribution in [-0.4, -0.2) is 16.2 Å². The number of hydrogen-bond acceptors (Lipinski definition) is 4. The molecule has 0 aliphatic heterocycles. The van der Waals surface area contributed by atoms with Crippen LogP contribution >= 0.6 is 11.5 Å². The average Bonchev–Trinajstić information content (AvgIpc) is 2.78. The van der Waals surface area contributed by atoms with Crippen molar-refractivity contribution in [2.45, 2.75) is 65.3 Å². The summed E-state index contributed by atoms with van der Waals surface area (Å²) < 4.78 is 4.33. The fraction of sp³-hybridized carbons (Fsp3) is 0.733. The standard InChI is InChI=1S/C15H24N2OS/c1-4-13(12-8-6-5-7-9-12)16-15-14(11(3)18)10(2)17-19-15/h12-13,16H,4-9H2,1-3H3. The van der Waals surface area contributed by atoms with Crippen LogP contribution in [0.5, 0.6) is 0 Å². The highest BCUT2D eigenvalue weighted by Crippen LogP contribution is 2.32. The van der Waals surface area contributed by atoms with Crippen molar-refractivity contribution in [3.63, 3.8) is 0 Å². The molecule has 0 aromatic carbocycles. The smallest absolute Gasteiger partial charge is 0.164 e. The SMILES string of the molecule is CCC(Nc1snc(C)c1C(C)=O)C1CCCCC1. The summed E-state index contributed by atoms with van der Waals surface area (Å²) in [6, 6.07) is 0.484. The molecule has 106 valence electrons. The second-order valence-corrected chi connectivity index (χ2v) is 6.36. The van der Waals surface area contributed by atoms with Crippen molar-refractivity contribution in [1.82, 2.24) is 4.37 Å². The van der Waals surface area contributed by atoms with Gasteiger partial charge in [-0.15, -0.1) is 0 Å². The zero-order valence-corrected chi connectivity index (χ0v) is 13.0. The van der Waals surface area contributed by atoms with Crippen LogP contribution < -0.4 is 5.32 Å². The van der Waals surface area contributed by atoms with Crippen molar-refractivity contribution in [2.75, 3.05) is 5.32 Å². The summed E-state index contributed by atoms with van der Waals surface area (Å²) >= 11 is 1.43. The normalized spacial score (nSPS) is 18.3. The second kappa shape index (κ2) is 6.51. The predicted octanol–water partition coefficient (Wildman–Crippen LogP) is 4.42. The van der Waals surface area contributed by atoms with Gasteiger partial charge in [-0.25, -0.2) is 0 Å². The molecule has 0 bridgehead atoms. The van der Waals surface area contributed by atoms with Crippen molar-refractivity contribution in [1.29, 1.82) is 0 Å². The van der Waals surface area contributed by atoms with Gasteiger partial charge in [0.2, 0.25) is 0 Å². The minimum Gasteiger partial charge on any atom is -0.372 e. The molecule has 1 N–H and O–H groups in total. The molecule has 1 aliphatic rings. The molecule has 1 aromatic heterocycles. The minimum absolute atomic E-state index is 0.118. The van der Waals surface area contributed by atoms with Crippen LogP contribution in [0.4, 0.5) is 5.00 Å². The molecule has 1 aromatic rings. The maximum Gasteiger partial charge on any atom is 0.164 e. The third-order valence-electron chi connectivity index (χ3n) is 4.19. The van der Waals surface area contributed by atoms with Crippen LogP contribution in [0.2, 0.25) is 0 Å².